The second-order valence-electron chi connectivity index (χ2n) is 5.32. The zero-order chi connectivity index (χ0) is 13.7. The SMILES string of the molecule is CCCN(C(=O)NC(CC(=O)O)C(C)C)C1CC1. The molecule has 1 aliphatic carbocycles. The highest BCUT2D eigenvalue weighted by Crippen LogP contribution is 2.27. The molecule has 18 heavy (non-hydrogen) atoms. The molecule has 1 aliphatic rings. The maximum atomic E-state index is 12.1. The van der Waals surface area contributed by atoms with Gasteiger partial charge in [0, 0.05) is 18.6 Å². The number of carboxylic acid groups (broad SMARTS) is 1. The highest BCUT2D eigenvalue weighted by Gasteiger charge is 2.33. The van der Waals surface area contributed by atoms with Gasteiger partial charge in [0.1, 0.15) is 0 Å². The van der Waals surface area contributed by atoms with E-state index in [-0.39, 0.29) is 24.4 Å². The molecule has 0 radical (unpaired) electrons. The molecular weight excluding hydrogens is 232 g/mol. The van der Waals surface area contributed by atoms with Gasteiger partial charge in [0.15, 0.2) is 0 Å². The molecule has 0 heterocycles. The third kappa shape index (κ3) is 4.55. The van der Waals surface area contributed by atoms with Gasteiger partial charge in [-0.25, -0.2) is 4.79 Å². The van der Waals surface area contributed by atoms with E-state index in [1.54, 1.807) is 0 Å². The Morgan fingerprint density at radius 1 is 1.39 bits per heavy atom. The van der Waals surface area contributed by atoms with E-state index in [0.717, 1.165) is 25.8 Å². The summed E-state index contributed by atoms with van der Waals surface area (Å²) in [5.41, 5.74) is 0. The van der Waals surface area contributed by atoms with Crippen molar-refractivity contribution >= 4 is 12.0 Å². The predicted octanol–water partition coefficient (Wildman–Crippen LogP) is 2.07. The lowest BCUT2D eigenvalue weighted by molar-refractivity contribution is -0.137. The Morgan fingerprint density at radius 3 is 2.39 bits per heavy atom. The molecule has 1 rings (SSSR count). The number of carbonyl (C=O) groups excluding carboxylic acids is 1. The Morgan fingerprint density at radius 2 is 2.00 bits per heavy atom. The first-order valence-corrected chi connectivity index (χ1v) is 6.74. The summed E-state index contributed by atoms with van der Waals surface area (Å²) in [7, 11) is 0. The lowest BCUT2D eigenvalue weighted by Gasteiger charge is -2.27. The van der Waals surface area contributed by atoms with Crippen LogP contribution in [0.25, 0.3) is 0 Å². The van der Waals surface area contributed by atoms with Crippen LogP contribution in [0.3, 0.4) is 0 Å². The standard InChI is InChI=1S/C13H24N2O3/c1-4-7-15(10-5-6-10)13(18)14-11(9(2)3)8-12(16)17/h9-11H,4-8H2,1-3H3,(H,14,18)(H,16,17). The van der Waals surface area contributed by atoms with Gasteiger partial charge >= 0.3 is 12.0 Å². The smallest absolute Gasteiger partial charge is 0.317 e. The number of carbonyl (C=O) groups is 2. The van der Waals surface area contributed by atoms with Crippen LogP contribution in [0.15, 0.2) is 0 Å². The Labute approximate surface area is 109 Å². The van der Waals surface area contributed by atoms with E-state index < -0.39 is 5.97 Å². The van der Waals surface area contributed by atoms with Gasteiger partial charge in [-0.2, -0.15) is 0 Å². The summed E-state index contributed by atoms with van der Waals surface area (Å²) in [5.74, 6) is -0.754. The molecule has 104 valence electrons. The number of hydrogen-bond donors (Lipinski definition) is 2. The number of amides is 2. The molecule has 2 amide bonds. The maximum Gasteiger partial charge on any atom is 0.317 e. The van der Waals surface area contributed by atoms with E-state index in [9.17, 15) is 9.59 Å². The molecule has 1 saturated carbocycles. The Bertz CT molecular complexity index is 301. The Hall–Kier alpha value is -1.26. The Kier molecular flexibility index (Phi) is 5.44. The van der Waals surface area contributed by atoms with Gasteiger partial charge in [-0.05, 0) is 25.2 Å². The number of urea groups is 1. The third-order valence-electron chi connectivity index (χ3n) is 3.22. The largest absolute Gasteiger partial charge is 0.481 e. The summed E-state index contributed by atoms with van der Waals surface area (Å²) in [6, 6.07) is -0.0463. The normalized spacial score (nSPS) is 16.4. The maximum absolute atomic E-state index is 12.1. The predicted molar refractivity (Wildman–Crippen MR) is 69.4 cm³/mol. The van der Waals surface area contributed by atoms with Crippen LogP contribution in [0.2, 0.25) is 0 Å². The Balaban J connectivity index is 2.55. The number of carboxylic acids is 1. The number of nitrogens with zero attached hydrogens (tertiary/aromatic N) is 1. The van der Waals surface area contributed by atoms with Gasteiger partial charge in [0.05, 0.1) is 6.42 Å². The molecule has 5 heteroatoms. The van der Waals surface area contributed by atoms with Crippen molar-refractivity contribution in [2.75, 3.05) is 6.54 Å². The minimum atomic E-state index is -0.873. The fourth-order valence-corrected chi connectivity index (χ4v) is 1.96. The van der Waals surface area contributed by atoms with Crippen molar-refractivity contribution in [3.8, 4) is 0 Å². The second kappa shape index (κ2) is 6.61. The van der Waals surface area contributed by atoms with E-state index >= 15 is 0 Å². The molecule has 0 saturated heterocycles. The zero-order valence-corrected chi connectivity index (χ0v) is 11.5. The first-order valence-electron chi connectivity index (χ1n) is 6.74. The zero-order valence-electron chi connectivity index (χ0n) is 11.5. The van der Waals surface area contributed by atoms with Crippen LogP contribution >= 0.6 is 0 Å². The van der Waals surface area contributed by atoms with Crippen molar-refractivity contribution in [2.24, 2.45) is 5.92 Å². The van der Waals surface area contributed by atoms with Crippen LogP contribution in [0.1, 0.15) is 46.5 Å². The van der Waals surface area contributed by atoms with Crippen LogP contribution < -0.4 is 5.32 Å². The molecule has 0 aromatic carbocycles. The molecule has 1 unspecified atom stereocenters. The van der Waals surface area contributed by atoms with E-state index in [1.807, 2.05) is 25.7 Å². The summed E-state index contributed by atoms with van der Waals surface area (Å²) in [6.07, 6.45) is 3.04. The van der Waals surface area contributed by atoms with E-state index in [2.05, 4.69) is 5.32 Å². The molecule has 0 spiro atoms. The fraction of sp³-hybridized carbons (Fsp3) is 0.846. The minimum Gasteiger partial charge on any atom is -0.481 e. The molecule has 1 atom stereocenters. The van der Waals surface area contributed by atoms with Crippen molar-refractivity contribution in [1.82, 2.24) is 10.2 Å². The lowest BCUT2D eigenvalue weighted by Crippen LogP contribution is -2.48. The first kappa shape index (κ1) is 14.8. The average molecular weight is 256 g/mol. The van der Waals surface area contributed by atoms with Crippen LogP contribution in [-0.2, 0) is 4.79 Å². The fourth-order valence-electron chi connectivity index (χ4n) is 1.96. The molecular formula is C13H24N2O3. The molecule has 0 bridgehead atoms. The summed E-state index contributed by atoms with van der Waals surface area (Å²) < 4.78 is 0. The van der Waals surface area contributed by atoms with Gasteiger partial charge in [-0.3, -0.25) is 4.79 Å². The highest BCUT2D eigenvalue weighted by molar-refractivity contribution is 5.76. The molecule has 0 aromatic rings. The van der Waals surface area contributed by atoms with Crippen LogP contribution in [0.5, 0.6) is 0 Å². The van der Waals surface area contributed by atoms with Crippen molar-refractivity contribution in [3.05, 3.63) is 0 Å². The van der Waals surface area contributed by atoms with E-state index in [0.29, 0.717) is 6.04 Å². The van der Waals surface area contributed by atoms with Gasteiger partial charge < -0.3 is 15.3 Å². The average Bonchev–Trinajstić information content (AvgIpc) is 3.07. The second-order valence-corrected chi connectivity index (χ2v) is 5.32. The van der Waals surface area contributed by atoms with Crippen molar-refractivity contribution in [1.29, 1.82) is 0 Å². The monoisotopic (exact) mass is 256 g/mol. The number of aliphatic carboxylic acids is 1. The quantitative estimate of drug-likeness (QED) is 0.732. The number of nitrogens with one attached hydrogen (secondary N) is 1. The summed E-state index contributed by atoms with van der Waals surface area (Å²) in [4.78, 5) is 24.7. The van der Waals surface area contributed by atoms with Gasteiger partial charge in [0.2, 0.25) is 0 Å². The molecule has 1 fully saturated rings. The van der Waals surface area contributed by atoms with Crippen molar-refractivity contribution in [3.63, 3.8) is 0 Å². The molecule has 0 aromatic heterocycles. The van der Waals surface area contributed by atoms with Gasteiger partial charge in [-0.1, -0.05) is 20.8 Å². The lowest BCUT2D eigenvalue weighted by atomic mass is 10.0. The minimum absolute atomic E-state index is 0.0198. The molecule has 5 nitrogen and oxygen atoms in total. The topological polar surface area (TPSA) is 69.6 Å². The summed E-state index contributed by atoms with van der Waals surface area (Å²) >= 11 is 0. The summed E-state index contributed by atoms with van der Waals surface area (Å²) in [6.45, 7) is 6.64. The number of hydrogen-bond acceptors (Lipinski definition) is 2. The third-order valence-corrected chi connectivity index (χ3v) is 3.22. The van der Waals surface area contributed by atoms with Crippen molar-refractivity contribution < 1.29 is 14.7 Å². The van der Waals surface area contributed by atoms with Crippen LogP contribution in [0, 0.1) is 5.92 Å². The van der Waals surface area contributed by atoms with Gasteiger partial charge in [-0.15, -0.1) is 0 Å². The number of rotatable bonds is 7. The van der Waals surface area contributed by atoms with E-state index in [1.165, 1.54) is 0 Å². The van der Waals surface area contributed by atoms with Crippen LogP contribution in [-0.4, -0.2) is 40.6 Å². The highest BCUT2D eigenvalue weighted by atomic mass is 16.4. The van der Waals surface area contributed by atoms with E-state index in [4.69, 9.17) is 5.11 Å². The summed E-state index contributed by atoms with van der Waals surface area (Å²) in [5, 5.41) is 11.7. The van der Waals surface area contributed by atoms with Gasteiger partial charge in [0.25, 0.3) is 0 Å². The van der Waals surface area contributed by atoms with Crippen molar-refractivity contribution in [2.45, 2.75) is 58.5 Å². The van der Waals surface area contributed by atoms with Crippen LogP contribution in [0.4, 0.5) is 4.79 Å². The molecule has 2 N–H and O–H groups in total. The molecule has 0 aliphatic heterocycles. The first-order chi connectivity index (χ1) is 8.45.